The number of hydrogen-bond acceptors (Lipinski definition) is 3. The summed E-state index contributed by atoms with van der Waals surface area (Å²) in [6, 6.07) is 11.2. The number of rotatable bonds is 4. The van der Waals surface area contributed by atoms with Gasteiger partial charge in [-0.2, -0.15) is 0 Å². The van der Waals surface area contributed by atoms with Crippen LogP contribution < -0.4 is 5.32 Å². The van der Waals surface area contributed by atoms with Crippen LogP contribution >= 0.6 is 0 Å². The lowest BCUT2D eigenvalue weighted by Crippen LogP contribution is -2.41. The average molecular weight is 306 g/mol. The summed E-state index contributed by atoms with van der Waals surface area (Å²) in [6.07, 6.45) is 10.4. The summed E-state index contributed by atoms with van der Waals surface area (Å²) in [5, 5.41) is 6.20. The van der Waals surface area contributed by atoms with Crippen molar-refractivity contribution >= 4 is 16.5 Å². The molecule has 1 saturated heterocycles. The minimum absolute atomic E-state index is 0.501. The number of pyridine rings is 1. The van der Waals surface area contributed by atoms with Crippen LogP contribution in [0.3, 0.4) is 0 Å². The van der Waals surface area contributed by atoms with Crippen molar-refractivity contribution in [1.82, 2.24) is 14.9 Å². The van der Waals surface area contributed by atoms with E-state index in [-0.39, 0.29) is 0 Å². The maximum Gasteiger partial charge on any atom is 0.0423 e. The molecule has 0 radical (unpaired) electrons. The Labute approximate surface area is 136 Å². The summed E-state index contributed by atoms with van der Waals surface area (Å²) >= 11 is 0. The maximum atomic E-state index is 4.22. The predicted molar refractivity (Wildman–Crippen MR) is 94.5 cm³/mol. The third kappa shape index (κ3) is 3.22. The summed E-state index contributed by atoms with van der Waals surface area (Å²) < 4.78 is 0. The number of hydrogen-bond donors (Lipinski definition) is 2. The Bertz CT molecular complexity index is 761. The summed E-state index contributed by atoms with van der Waals surface area (Å²) in [6.45, 7) is 3.30. The lowest BCUT2D eigenvalue weighted by atomic mass is 10.0. The van der Waals surface area contributed by atoms with Crippen molar-refractivity contribution in [3.05, 3.63) is 60.7 Å². The molecule has 23 heavy (non-hydrogen) atoms. The third-order valence-corrected chi connectivity index (χ3v) is 4.61. The van der Waals surface area contributed by atoms with E-state index in [0.717, 1.165) is 13.1 Å². The topological polar surface area (TPSA) is 44.0 Å². The zero-order chi connectivity index (χ0) is 15.5. The van der Waals surface area contributed by atoms with Gasteiger partial charge in [0.05, 0.1) is 0 Å². The van der Waals surface area contributed by atoms with Gasteiger partial charge in [0.2, 0.25) is 0 Å². The van der Waals surface area contributed by atoms with Gasteiger partial charge in [0, 0.05) is 60.4 Å². The first-order chi connectivity index (χ1) is 11.4. The number of benzene rings is 1. The third-order valence-electron chi connectivity index (χ3n) is 4.61. The molecule has 1 aliphatic rings. The van der Waals surface area contributed by atoms with E-state index < -0.39 is 0 Å². The first kappa shape index (κ1) is 14.3. The van der Waals surface area contributed by atoms with E-state index in [1.54, 1.807) is 0 Å². The molecule has 3 aromatic rings. The summed E-state index contributed by atoms with van der Waals surface area (Å²) in [4.78, 5) is 9.90. The Hall–Kier alpha value is -2.33. The molecule has 4 nitrogen and oxygen atoms in total. The van der Waals surface area contributed by atoms with Gasteiger partial charge in [0.25, 0.3) is 0 Å². The number of aromatic amines is 1. The van der Waals surface area contributed by atoms with E-state index in [4.69, 9.17) is 0 Å². The van der Waals surface area contributed by atoms with Gasteiger partial charge >= 0.3 is 0 Å². The van der Waals surface area contributed by atoms with Gasteiger partial charge in [0.15, 0.2) is 0 Å². The lowest BCUT2D eigenvalue weighted by Gasteiger charge is -2.33. The molecule has 0 saturated carbocycles. The zero-order valence-electron chi connectivity index (χ0n) is 13.2. The number of nitrogens with zero attached hydrogens (tertiary/aromatic N) is 2. The normalized spacial score (nSPS) is 19.0. The number of piperidine rings is 1. The first-order valence-electron chi connectivity index (χ1n) is 8.32. The number of H-pyrrole nitrogens is 1. The van der Waals surface area contributed by atoms with Crippen molar-refractivity contribution in [2.24, 2.45) is 0 Å². The SMILES string of the molecule is c1cc(NC2CCCN(Cc3cc[nH]c3)C2)c2ccncc2c1. The highest BCUT2D eigenvalue weighted by atomic mass is 15.2. The van der Waals surface area contributed by atoms with Crippen molar-refractivity contribution in [2.45, 2.75) is 25.4 Å². The summed E-state index contributed by atoms with van der Waals surface area (Å²) in [5.74, 6) is 0. The van der Waals surface area contributed by atoms with Gasteiger partial charge in [-0.3, -0.25) is 9.88 Å². The molecule has 3 heterocycles. The lowest BCUT2D eigenvalue weighted by molar-refractivity contribution is 0.208. The van der Waals surface area contributed by atoms with Gasteiger partial charge in [-0.25, -0.2) is 0 Å². The van der Waals surface area contributed by atoms with Crippen LogP contribution in [0, 0.1) is 0 Å². The molecule has 4 rings (SSSR count). The van der Waals surface area contributed by atoms with Crippen molar-refractivity contribution in [1.29, 1.82) is 0 Å². The molecule has 0 amide bonds. The van der Waals surface area contributed by atoms with Crippen molar-refractivity contribution in [3.8, 4) is 0 Å². The number of anilines is 1. The van der Waals surface area contributed by atoms with Crippen LogP contribution in [0.15, 0.2) is 55.1 Å². The van der Waals surface area contributed by atoms with Gasteiger partial charge in [-0.05, 0) is 43.1 Å². The first-order valence-corrected chi connectivity index (χ1v) is 8.32. The highest BCUT2D eigenvalue weighted by Gasteiger charge is 2.20. The standard InChI is InChI=1S/C19H22N4/c1-3-16-12-21-9-7-18(16)19(5-1)22-17-4-2-10-23(14-17)13-15-6-8-20-11-15/h1,3,5-9,11-12,17,20,22H,2,4,10,13-14H2. The van der Waals surface area contributed by atoms with Crippen LogP contribution in [-0.2, 0) is 6.54 Å². The Morgan fingerprint density at radius 2 is 2.26 bits per heavy atom. The fourth-order valence-electron chi connectivity index (χ4n) is 3.50. The molecule has 1 unspecified atom stereocenters. The Morgan fingerprint density at radius 3 is 3.17 bits per heavy atom. The molecule has 2 N–H and O–H groups in total. The Balaban J connectivity index is 1.47. The van der Waals surface area contributed by atoms with Crippen molar-refractivity contribution in [3.63, 3.8) is 0 Å². The van der Waals surface area contributed by atoms with Crippen molar-refractivity contribution < 1.29 is 0 Å². The van der Waals surface area contributed by atoms with Gasteiger partial charge < -0.3 is 10.3 Å². The smallest absolute Gasteiger partial charge is 0.0423 e. The molecular weight excluding hydrogens is 284 g/mol. The second-order valence-corrected chi connectivity index (χ2v) is 6.34. The molecule has 1 fully saturated rings. The van der Waals surface area contributed by atoms with E-state index in [9.17, 15) is 0 Å². The molecule has 118 valence electrons. The van der Waals surface area contributed by atoms with E-state index >= 15 is 0 Å². The monoisotopic (exact) mass is 306 g/mol. The number of nitrogens with one attached hydrogen (secondary N) is 2. The minimum Gasteiger partial charge on any atom is -0.381 e. The van der Waals surface area contributed by atoms with Crippen LogP contribution in [0.1, 0.15) is 18.4 Å². The molecule has 4 heteroatoms. The zero-order valence-corrected chi connectivity index (χ0v) is 13.2. The fourth-order valence-corrected chi connectivity index (χ4v) is 3.50. The van der Waals surface area contributed by atoms with Crippen LogP contribution in [-0.4, -0.2) is 34.0 Å². The Kier molecular flexibility index (Phi) is 3.99. The Morgan fingerprint density at radius 1 is 1.26 bits per heavy atom. The van der Waals surface area contributed by atoms with E-state index in [1.165, 1.54) is 41.4 Å². The van der Waals surface area contributed by atoms with Gasteiger partial charge in [-0.15, -0.1) is 0 Å². The molecule has 1 atom stereocenters. The molecule has 0 aliphatic carbocycles. The molecule has 0 bridgehead atoms. The quantitative estimate of drug-likeness (QED) is 0.773. The van der Waals surface area contributed by atoms with Gasteiger partial charge in [0.1, 0.15) is 0 Å². The average Bonchev–Trinajstić information content (AvgIpc) is 3.09. The molecule has 1 aliphatic heterocycles. The van der Waals surface area contributed by atoms with E-state index in [2.05, 4.69) is 56.7 Å². The summed E-state index contributed by atoms with van der Waals surface area (Å²) in [5.41, 5.74) is 2.58. The molecular formula is C19H22N4. The predicted octanol–water partition coefficient (Wildman–Crippen LogP) is 3.64. The molecule has 2 aromatic heterocycles. The van der Waals surface area contributed by atoms with Crippen molar-refractivity contribution in [2.75, 3.05) is 18.4 Å². The number of likely N-dealkylation sites (tertiary alicyclic amines) is 1. The molecule has 1 aromatic carbocycles. The number of fused-ring (bicyclic) bond motifs is 1. The highest BCUT2D eigenvalue weighted by molar-refractivity contribution is 5.93. The minimum atomic E-state index is 0.501. The second-order valence-electron chi connectivity index (χ2n) is 6.34. The largest absolute Gasteiger partial charge is 0.381 e. The van der Waals surface area contributed by atoms with Crippen LogP contribution in [0.25, 0.3) is 10.8 Å². The number of aromatic nitrogens is 2. The fraction of sp³-hybridized carbons (Fsp3) is 0.316. The maximum absolute atomic E-state index is 4.22. The second kappa shape index (κ2) is 6.42. The van der Waals surface area contributed by atoms with Crippen LogP contribution in [0.5, 0.6) is 0 Å². The van der Waals surface area contributed by atoms with E-state index in [0.29, 0.717) is 6.04 Å². The molecule has 0 spiro atoms. The summed E-state index contributed by atoms with van der Waals surface area (Å²) in [7, 11) is 0. The van der Waals surface area contributed by atoms with Gasteiger partial charge in [-0.1, -0.05) is 12.1 Å². The van der Waals surface area contributed by atoms with E-state index in [1.807, 2.05) is 18.6 Å². The van der Waals surface area contributed by atoms with Crippen LogP contribution in [0.4, 0.5) is 5.69 Å². The van der Waals surface area contributed by atoms with Crippen LogP contribution in [0.2, 0.25) is 0 Å². The highest BCUT2D eigenvalue weighted by Crippen LogP contribution is 2.25.